The van der Waals surface area contributed by atoms with Crippen LogP contribution in [0.15, 0.2) is 48.6 Å². The molecule has 63 heavy (non-hydrogen) atoms. The molecule has 0 N–H and O–H groups in total. The first-order valence-electron chi connectivity index (χ1n) is 26.4. The maximum atomic E-state index is 12.8. The molecule has 0 fully saturated rings. The smallest absolute Gasteiger partial charge is 0.306 e. The number of likely N-dealkylation sites (N-methyl/N-ethyl adjacent to an activating group) is 1. The van der Waals surface area contributed by atoms with Gasteiger partial charge in [0.15, 0.2) is 0 Å². The Hall–Kier alpha value is -1.54. The molecule has 370 valence electrons. The summed E-state index contributed by atoms with van der Waals surface area (Å²) in [5.41, 5.74) is 0. The van der Waals surface area contributed by atoms with Crippen molar-refractivity contribution >= 4 is 13.8 Å². The Morgan fingerprint density at radius 2 is 0.921 bits per heavy atom. The van der Waals surface area contributed by atoms with Gasteiger partial charge in [0.1, 0.15) is 19.3 Å². The third-order valence-corrected chi connectivity index (χ3v) is 12.3. The van der Waals surface area contributed by atoms with Gasteiger partial charge in [-0.3, -0.25) is 9.36 Å². The van der Waals surface area contributed by atoms with Crippen LogP contribution < -0.4 is 4.89 Å². The van der Waals surface area contributed by atoms with E-state index in [0.29, 0.717) is 24.1 Å². The molecule has 0 rings (SSSR count). The number of phosphoric acid groups is 1. The molecule has 2 unspecified atom stereocenters. The van der Waals surface area contributed by atoms with Crippen molar-refractivity contribution in [1.82, 2.24) is 0 Å². The fourth-order valence-electron chi connectivity index (χ4n) is 7.32. The number of allylic oxidation sites excluding steroid dienone is 8. The standard InChI is InChI=1S/C54H102NO7P/c1-6-8-10-12-14-16-18-20-22-24-25-26-27-28-29-30-31-32-33-35-37-39-41-43-45-47-54(56)62-53(52-61-63(57,58)60-50-48-55(3,4)5)51-59-49-46-44-42-40-38-36-34-23-21-19-17-15-13-11-9-7-2/h9,11,15,17,21,23-25,53H,6-8,10,12-14,16,18-20,22,26-52H2,1-5H3/b11-9-,17-15-,23-21-,25-24-. The summed E-state index contributed by atoms with van der Waals surface area (Å²) in [6, 6.07) is 0. The van der Waals surface area contributed by atoms with Crippen molar-refractivity contribution in [3.8, 4) is 0 Å². The van der Waals surface area contributed by atoms with Crippen molar-refractivity contribution in [3.63, 3.8) is 0 Å². The highest BCUT2D eigenvalue weighted by molar-refractivity contribution is 7.45. The van der Waals surface area contributed by atoms with E-state index in [1.807, 2.05) is 21.1 Å². The number of esters is 1. The number of phosphoric ester groups is 1. The van der Waals surface area contributed by atoms with Crippen LogP contribution in [0, 0.1) is 0 Å². The Labute approximate surface area is 390 Å². The first-order chi connectivity index (χ1) is 30.6. The predicted molar refractivity (Wildman–Crippen MR) is 268 cm³/mol. The maximum Gasteiger partial charge on any atom is 0.306 e. The number of nitrogens with zero attached hydrogens (tertiary/aromatic N) is 1. The lowest BCUT2D eigenvalue weighted by Crippen LogP contribution is -2.37. The minimum Gasteiger partial charge on any atom is -0.756 e. The van der Waals surface area contributed by atoms with E-state index in [1.165, 1.54) is 148 Å². The summed E-state index contributed by atoms with van der Waals surface area (Å²) >= 11 is 0. The van der Waals surface area contributed by atoms with Crippen LogP contribution in [0.2, 0.25) is 0 Å². The fourth-order valence-corrected chi connectivity index (χ4v) is 8.05. The number of ether oxygens (including phenoxy) is 2. The van der Waals surface area contributed by atoms with Gasteiger partial charge in [0.2, 0.25) is 0 Å². The molecule has 0 heterocycles. The van der Waals surface area contributed by atoms with Crippen molar-refractivity contribution in [2.24, 2.45) is 0 Å². The van der Waals surface area contributed by atoms with Gasteiger partial charge in [-0.1, -0.05) is 204 Å². The van der Waals surface area contributed by atoms with Gasteiger partial charge < -0.3 is 27.9 Å². The molecule has 2 atom stereocenters. The molecule has 9 heteroatoms. The van der Waals surface area contributed by atoms with Gasteiger partial charge in [-0.2, -0.15) is 0 Å². The lowest BCUT2D eigenvalue weighted by molar-refractivity contribution is -0.870. The highest BCUT2D eigenvalue weighted by Crippen LogP contribution is 2.38. The van der Waals surface area contributed by atoms with Crippen LogP contribution in [0.4, 0.5) is 0 Å². The molecule has 0 radical (unpaired) electrons. The summed E-state index contributed by atoms with van der Waals surface area (Å²) in [5.74, 6) is -0.337. The zero-order chi connectivity index (χ0) is 46.2. The van der Waals surface area contributed by atoms with E-state index in [0.717, 1.165) is 64.2 Å². The van der Waals surface area contributed by atoms with Gasteiger partial charge in [0.25, 0.3) is 7.82 Å². The summed E-state index contributed by atoms with van der Waals surface area (Å²) in [4.78, 5) is 25.2. The second kappa shape index (κ2) is 47.0. The summed E-state index contributed by atoms with van der Waals surface area (Å²) in [7, 11) is 1.35. The van der Waals surface area contributed by atoms with E-state index in [9.17, 15) is 14.3 Å². The van der Waals surface area contributed by atoms with Gasteiger partial charge >= 0.3 is 5.97 Å². The molecular formula is C54H102NO7P. The Balaban J connectivity index is 4.08. The zero-order valence-corrected chi connectivity index (χ0v) is 42.9. The Morgan fingerprint density at radius 3 is 1.40 bits per heavy atom. The second-order valence-electron chi connectivity index (χ2n) is 18.9. The van der Waals surface area contributed by atoms with E-state index >= 15 is 0 Å². The fraction of sp³-hybridized carbons (Fsp3) is 0.833. The normalized spacial score (nSPS) is 13.9. The second-order valence-corrected chi connectivity index (χ2v) is 20.3. The zero-order valence-electron chi connectivity index (χ0n) is 42.0. The lowest BCUT2D eigenvalue weighted by atomic mass is 10.0. The third kappa shape index (κ3) is 51.3. The van der Waals surface area contributed by atoms with Crippen LogP contribution >= 0.6 is 7.82 Å². The average Bonchev–Trinajstić information content (AvgIpc) is 3.24. The van der Waals surface area contributed by atoms with Crippen LogP contribution in [-0.2, 0) is 27.9 Å². The molecule has 0 aromatic heterocycles. The van der Waals surface area contributed by atoms with Gasteiger partial charge in [-0.25, -0.2) is 0 Å². The highest BCUT2D eigenvalue weighted by Gasteiger charge is 2.20. The van der Waals surface area contributed by atoms with Crippen LogP contribution in [0.3, 0.4) is 0 Å². The maximum absolute atomic E-state index is 12.8. The van der Waals surface area contributed by atoms with Gasteiger partial charge in [0.05, 0.1) is 34.4 Å². The first kappa shape index (κ1) is 61.5. The van der Waals surface area contributed by atoms with Gasteiger partial charge in [0, 0.05) is 13.0 Å². The number of carbonyl (C=O) groups is 1. The molecular weight excluding hydrogens is 806 g/mol. The van der Waals surface area contributed by atoms with E-state index < -0.39 is 13.9 Å². The molecule has 0 aromatic rings. The highest BCUT2D eigenvalue weighted by atomic mass is 31.2. The Kier molecular flexibility index (Phi) is 45.8. The van der Waals surface area contributed by atoms with Crippen LogP contribution in [-0.4, -0.2) is 70.7 Å². The minimum absolute atomic E-state index is 0.0227. The van der Waals surface area contributed by atoms with Crippen LogP contribution in [0.1, 0.15) is 232 Å². The number of unbranched alkanes of at least 4 members (excludes halogenated alkanes) is 27. The van der Waals surface area contributed by atoms with E-state index in [4.69, 9.17) is 18.5 Å². The molecule has 8 nitrogen and oxygen atoms in total. The largest absolute Gasteiger partial charge is 0.756 e. The molecule has 0 saturated carbocycles. The van der Waals surface area contributed by atoms with E-state index in [-0.39, 0.29) is 25.8 Å². The number of quaternary nitrogens is 1. The monoisotopic (exact) mass is 908 g/mol. The molecule has 0 aromatic carbocycles. The van der Waals surface area contributed by atoms with Gasteiger partial charge in [-0.15, -0.1) is 0 Å². The van der Waals surface area contributed by atoms with Crippen molar-refractivity contribution < 1.29 is 37.3 Å². The van der Waals surface area contributed by atoms with Gasteiger partial charge in [-0.05, 0) is 70.6 Å². The minimum atomic E-state index is -4.53. The molecule has 0 aliphatic rings. The summed E-state index contributed by atoms with van der Waals surface area (Å²) in [6.45, 7) is 5.30. The third-order valence-electron chi connectivity index (χ3n) is 11.4. The SMILES string of the molecule is CC/C=C\C/C=C\C/C=C\CCCCCCCCOCC(COP(=O)([O-])OCC[N+](C)(C)C)OC(=O)CCCCCCCCCCCCCCC/C=C\CCCCCCCCCC. The quantitative estimate of drug-likeness (QED) is 0.0197. The number of hydrogen-bond donors (Lipinski definition) is 0. The van der Waals surface area contributed by atoms with Crippen molar-refractivity contribution in [3.05, 3.63) is 48.6 Å². The average molecular weight is 908 g/mol. The first-order valence-corrected chi connectivity index (χ1v) is 27.8. The number of rotatable bonds is 49. The summed E-state index contributed by atoms with van der Waals surface area (Å²) in [5, 5.41) is 0. The molecule has 0 saturated heterocycles. The Morgan fingerprint density at radius 1 is 0.508 bits per heavy atom. The van der Waals surface area contributed by atoms with E-state index in [2.05, 4.69) is 62.5 Å². The summed E-state index contributed by atoms with van der Waals surface area (Å²) in [6.07, 6.45) is 58.6. The molecule has 0 bridgehead atoms. The number of carbonyl (C=O) groups excluding carboxylic acids is 1. The van der Waals surface area contributed by atoms with E-state index in [1.54, 1.807) is 0 Å². The molecule has 0 amide bonds. The Bertz CT molecular complexity index is 1150. The van der Waals surface area contributed by atoms with Crippen LogP contribution in [0.25, 0.3) is 0 Å². The topological polar surface area (TPSA) is 94.1 Å². The number of hydrogen-bond acceptors (Lipinski definition) is 7. The molecule has 0 aliphatic heterocycles. The van der Waals surface area contributed by atoms with Crippen LogP contribution in [0.5, 0.6) is 0 Å². The predicted octanol–water partition coefficient (Wildman–Crippen LogP) is 15.7. The summed E-state index contributed by atoms with van der Waals surface area (Å²) < 4.78 is 34.7. The lowest BCUT2D eigenvalue weighted by Gasteiger charge is -2.28. The van der Waals surface area contributed by atoms with Crippen molar-refractivity contribution in [2.45, 2.75) is 238 Å². The van der Waals surface area contributed by atoms with Crippen molar-refractivity contribution in [1.29, 1.82) is 0 Å². The van der Waals surface area contributed by atoms with Crippen molar-refractivity contribution in [2.75, 3.05) is 54.1 Å². The molecule has 0 spiro atoms. The molecule has 0 aliphatic carbocycles.